The van der Waals surface area contributed by atoms with Gasteiger partial charge in [-0.15, -0.1) is 10.2 Å². The predicted octanol–water partition coefficient (Wildman–Crippen LogP) is 5.56. The maximum absolute atomic E-state index is 12.2. The van der Waals surface area contributed by atoms with Gasteiger partial charge in [-0.3, -0.25) is 4.57 Å². The van der Waals surface area contributed by atoms with E-state index in [1.54, 1.807) is 19.4 Å². The highest BCUT2D eigenvalue weighted by Crippen LogP contribution is 2.30. The van der Waals surface area contributed by atoms with Gasteiger partial charge in [0.2, 0.25) is 0 Å². The Bertz CT molecular complexity index is 1470. The van der Waals surface area contributed by atoms with Crippen LogP contribution in [0.5, 0.6) is 5.75 Å². The van der Waals surface area contributed by atoms with E-state index in [-0.39, 0.29) is 5.63 Å². The third kappa shape index (κ3) is 4.49. The van der Waals surface area contributed by atoms with Crippen molar-refractivity contribution in [3.8, 4) is 17.1 Å². The standard InChI is InChI=1S/C26H23N3O4S/c1-3-17-6-11-22-19(14-24(30)33-23(22)13-17)16-34-26-28-27-25(18-7-9-20(31-2)10-8-18)29(26)15-21-5-4-12-32-21/h4-14H,3,15-16H2,1-2H3. The van der Waals surface area contributed by atoms with Crippen LogP contribution in [0, 0.1) is 0 Å². The summed E-state index contributed by atoms with van der Waals surface area (Å²) < 4.78 is 18.3. The largest absolute Gasteiger partial charge is 0.497 e. The van der Waals surface area contributed by atoms with Crippen LogP contribution >= 0.6 is 11.8 Å². The average molecular weight is 474 g/mol. The van der Waals surface area contributed by atoms with Crippen molar-refractivity contribution < 1.29 is 13.6 Å². The van der Waals surface area contributed by atoms with Crippen LogP contribution in [0.1, 0.15) is 23.8 Å². The minimum Gasteiger partial charge on any atom is -0.497 e. The zero-order valence-electron chi connectivity index (χ0n) is 18.9. The van der Waals surface area contributed by atoms with Crippen molar-refractivity contribution in [2.75, 3.05) is 7.11 Å². The number of furan rings is 1. The maximum atomic E-state index is 12.2. The van der Waals surface area contributed by atoms with Gasteiger partial charge in [-0.25, -0.2) is 4.79 Å². The summed E-state index contributed by atoms with van der Waals surface area (Å²) in [6.07, 6.45) is 2.53. The Morgan fingerprint density at radius 1 is 1.06 bits per heavy atom. The molecule has 5 rings (SSSR count). The summed E-state index contributed by atoms with van der Waals surface area (Å²) in [4.78, 5) is 12.2. The summed E-state index contributed by atoms with van der Waals surface area (Å²) in [6, 6.07) is 19.1. The Morgan fingerprint density at radius 3 is 2.65 bits per heavy atom. The van der Waals surface area contributed by atoms with Crippen molar-refractivity contribution in [2.24, 2.45) is 0 Å². The lowest BCUT2D eigenvalue weighted by Crippen LogP contribution is -2.04. The SMILES string of the molecule is CCc1ccc2c(CSc3nnc(-c4ccc(OC)cc4)n3Cc3ccco3)cc(=O)oc2c1. The minimum absolute atomic E-state index is 0.354. The number of fused-ring (bicyclic) bond motifs is 1. The van der Waals surface area contributed by atoms with E-state index in [4.69, 9.17) is 13.6 Å². The number of nitrogens with zero attached hydrogens (tertiary/aromatic N) is 3. The van der Waals surface area contributed by atoms with Crippen LogP contribution < -0.4 is 10.4 Å². The van der Waals surface area contributed by atoms with Crippen LogP contribution in [0.4, 0.5) is 0 Å². The van der Waals surface area contributed by atoms with E-state index < -0.39 is 0 Å². The van der Waals surface area contributed by atoms with Crippen molar-refractivity contribution in [1.29, 1.82) is 0 Å². The third-order valence-corrected chi connectivity index (χ3v) is 6.63. The van der Waals surface area contributed by atoms with Crippen molar-refractivity contribution in [3.05, 3.63) is 94.2 Å². The molecule has 0 atom stereocenters. The number of ether oxygens (including phenoxy) is 1. The summed E-state index contributed by atoms with van der Waals surface area (Å²) in [5.74, 6) is 2.85. The molecule has 8 heteroatoms. The van der Waals surface area contributed by atoms with Gasteiger partial charge in [0, 0.05) is 22.8 Å². The first-order chi connectivity index (χ1) is 16.6. The molecule has 0 fully saturated rings. The molecule has 0 aliphatic carbocycles. The predicted molar refractivity (Wildman–Crippen MR) is 131 cm³/mol. The monoisotopic (exact) mass is 473 g/mol. The maximum Gasteiger partial charge on any atom is 0.336 e. The molecule has 7 nitrogen and oxygen atoms in total. The highest BCUT2D eigenvalue weighted by Gasteiger charge is 2.17. The second kappa shape index (κ2) is 9.61. The Labute approximate surface area is 200 Å². The van der Waals surface area contributed by atoms with Crippen LogP contribution in [-0.2, 0) is 18.7 Å². The third-order valence-electron chi connectivity index (χ3n) is 5.62. The van der Waals surface area contributed by atoms with Crippen LogP contribution in [0.2, 0.25) is 0 Å². The number of benzene rings is 2. The lowest BCUT2D eigenvalue weighted by molar-refractivity contribution is 0.415. The fraction of sp³-hybridized carbons (Fsp3) is 0.192. The molecule has 0 saturated carbocycles. The number of hydrogen-bond acceptors (Lipinski definition) is 7. The Morgan fingerprint density at radius 2 is 1.91 bits per heavy atom. The second-order valence-electron chi connectivity index (χ2n) is 7.76. The summed E-state index contributed by atoms with van der Waals surface area (Å²) in [5, 5.41) is 10.6. The number of methoxy groups -OCH3 is 1. The summed E-state index contributed by atoms with van der Waals surface area (Å²) in [5.41, 5.74) is 3.20. The van der Waals surface area contributed by atoms with Crippen LogP contribution in [-0.4, -0.2) is 21.9 Å². The zero-order chi connectivity index (χ0) is 23.5. The van der Waals surface area contributed by atoms with E-state index in [9.17, 15) is 4.79 Å². The van der Waals surface area contributed by atoms with E-state index in [1.807, 2.05) is 53.1 Å². The number of rotatable bonds is 8. The molecule has 0 N–H and O–H groups in total. The first-order valence-corrected chi connectivity index (χ1v) is 11.9. The van der Waals surface area contributed by atoms with Gasteiger partial charge in [-0.1, -0.05) is 30.8 Å². The van der Waals surface area contributed by atoms with Crippen molar-refractivity contribution in [2.45, 2.75) is 30.8 Å². The van der Waals surface area contributed by atoms with Gasteiger partial charge in [0.25, 0.3) is 0 Å². The molecule has 3 heterocycles. The van der Waals surface area contributed by atoms with Gasteiger partial charge < -0.3 is 13.6 Å². The lowest BCUT2D eigenvalue weighted by atomic mass is 10.1. The van der Waals surface area contributed by atoms with Gasteiger partial charge in [-0.05, 0) is 60.0 Å². The van der Waals surface area contributed by atoms with Gasteiger partial charge in [0.15, 0.2) is 11.0 Å². The van der Waals surface area contributed by atoms with E-state index >= 15 is 0 Å². The number of aromatic nitrogens is 3. The van der Waals surface area contributed by atoms with Crippen LogP contribution in [0.25, 0.3) is 22.4 Å². The molecule has 2 aromatic carbocycles. The fourth-order valence-corrected chi connectivity index (χ4v) is 4.73. The topological polar surface area (TPSA) is 83.3 Å². The fourth-order valence-electron chi connectivity index (χ4n) is 3.81. The molecular formula is C26H23N3O4S. The molecule has 172 valence electrons. The van der Waals surface area contributed by atoms with Gasteiger partial charge in [0.1, 0.15) is 17.1 Å². The highest BCUT2D eigenvalue weighted by molar-refractivity contribution is 7.98. The minimum atomic E-state index is -0.354. The summed E-state index contributed by atoms with van der Waals surface area (Å²) >= 11 is 1.52. The van der Waals surface area contributed by atoms with Crippen LogP contribution in [0.3, 0.4) is 0 Å². The van der Waals surface area contributed by atoms with Gasteiger partial charge in [0.05, 0.1) is 19.9 Å². The van der Waals surface area contributed by atoms with E-state index in [0.29, 0.717) is 17.9 Å². The molecule has 0 amide bonds. The molecule has 0 spiro atoms. The van der Waals surface area contributed by atoms with Crippen molar-refractivity contribution in [3.63, 3.8) is 0 Å². The van der Waals surface area contributed by atoms with Crippen LogP contribution in [0.15, 0.2) is 85.7 Å². The Balaban J connectivity index is 1.49. The smallest absolute Gasteiger partial charge is 0.336 e. The van der Waals surface area contributed by atoms with E-state index in [0.717, 1.165) is 51.0 Å². The normalized spacial score (nSPS) is 11.2. The molecule has 0 aliphatic heterocycles. The first kappa shape index (κ1) is 22.0. The average Bonchev–Trinajstić information content (AvgIpc) is 3.52. The molecule has 0 bridgehead atoms. The Hall–Kier alpha value is -3.78. The molecule has 0 aliphatic rings. The molecule has 5 aromatic rings. The molecule has 3 aromatic heterocycles. The number of hydrogen-bond donors (Lipinski definition) is 0. The molecular weight excluding hydrogens is 450 g/mol. The highest BCUT2D eigenvalue weighted by atomic mass is 32.2. The van der Waals surface area contributed by atoms with Gasteiger partial charge in [-0.2, -0.15) is 0 Å². The Kier molecular flexibility index (Phi) is 6.22. The number of aryl methyl sites for hydroxylation is 1. The quantitative estimate of drug-likeness (QED) is 0.216. The number of thioether (sulfide) groups is 1. The van der Waals surface area contributed by atoms with E-state index in [2.05, 4.69) is 23.2 Å². The zero-order valence-corrected chi connectivity index (χ0v) is 19.7. The van der Waals surface area contributed by atoms with Crippen molar-refractivity contribution >= 4 is 22.7 Å². The molecule has 0 radical (unpaired) electrons. The van der Waals surface area contributed by atoms with E-state index in [1.165, 1.54) is 11.8 Å². The first-order valence-electron chi connectivity index (χ1n) is 10.9. The summed E-state index contributed by atoms with van der Waals surface area (Å²) in [6.45, 7) is 2.56. The second-order valence-corrected chi connectivity index (χ2v) is 8.71. The molecule has 34 heavy (non-hydrogen) atoms. The summed E-state index contributed by atoms with van der Waals surface area (Å²) in [7, 11) is 1.64. The molecule has 0 unspecified atom stereocenters. The lowest BCUT2D eigenvalue weighted by Gasteiger charge is -2.10. The van der Waals surface area contributed by atoms with Gasteiger partial charge >= 0.3 is 5.63 Å². The molecule has 0 saturated heterocycles. The van der Waals surface area contributed by atoms with Crippen molar-refractivity contribution in [1.82, 2.24) is 14.8 Å².